The molecule has 1 aliphatic carbocycles. The largest absolute Gasteiger partial charge is 0.489 e. The van der Waals surface area contributed by atoms with E-state index in [2.05, 4.69) is 29.6 Å². The van der Waals surface area contributed by atoms with Crippen molar-refractivity contribution in [3.05, 3.63) is 59.2 Å². The zero-order valence-corrected chi connectivity index (χ0v) is 15.9. The maximum Gasteiger partial charge on any atom is 0.225 e. The van der Waals surface area contributed by atoms with Gasteiger partial charge in [-0.1, -0.05) is 30.3 Å². The number of hydrogen-bond acceptors (Lipinski definition) is 3. The summed E-state index contributed by atoms with van der Waals surface area (Å²) in [7, 11) is 0. The SMILES string of the molecule is Cc1ccc(NC(=O)CC2CCc3ccccc32)c(OCC2CCCO2)c1. The zero-order chi connectivity index (χ0) is 18.6. The maximum absolute atomic E-state index is 12.7. The van der Waals surface area contributed by atoms with Crippen LogP contribution in [0.15, 0.2) is 42.5 Å². The number of benzene rings is 2. The van der Waals surface area contributed by atoms with Crippen molar-refractivity contribution in [3.8, 4) is 5.75 Å². The summed E-state index contributed by atoms with van der Waals surface area (Å²) in [6, 6.07) is 14.4. The third-order valence-electron chi connectivity index (χ3n) is 5.55. The van der Waals surface area contributed by atoms with Gasteiger partial charge in [-0.05, 0) is 67.3 Å². The molecule has 1 saturated heterocycles. The molecule has 4 rings (SSSR count). The molecule has 2 aromatic carbocycles. The van der Waals surface area contributed by atoms with E-state index in [-0.39, 0.29) is 12.0 Å². The summed E-state index contributed by atoms with van der Waals surface area (Å²) >= 11 is 0. The molecule has 2 unspecified atom stereocenters. The molecule has 1 heterocycles. The summed E-state index contributed by atoms with van der Waals surface area (Å²) < 4.78 is 11.6. The van der Waals surface area contributed by atoms with E-state index < -0.39 is 0 Å². The summed E-state index contributed by atoms with van der Waals surface area (Å²) in [5.74, 6) is 1.08. The lowest BCUT2D eigenvalue weighted by atomic mass is 9.97. The van der Waals surface area contributed by atoms with Gasteiger partial charge in [0.15, 0.2) is 0 Å². The molecule has 0 bridgehead atoms. The van der Waals surface area contributed by atoms with Gasteiger partial charge >= 0.3 is 0 Å². The van der Waals surface area contributed by atoms with Crippen molar-refractivity contribution in [2.75, 3.05) is 18.5 Å². The molecule has 1 aliphatic heterocycles. The minimum atomic E-state index is 0.0440. The monoisotopic (exact) mass is 365 g/mol. The number of carbonyl (C=O) groups is 1. The van der Waals surface area contributed by atoms with E-state index >= 15 is 0 Å². The minimum absolute atomic E-state index is 0.0440. The van der Waals surface area contributed by atoms with Crippen LogP contribution in [-0.2, 0) is 16.0 Å². The molecule has 1 fully saturated rings. The average Bonchev–Trinajstić information content (AvgIpc) is 3.32. The van der Waals surface area contributed by atoms with Gasteiger partial charge in [-0.25, -0.2) is 0 Å². The maximum atomic E-state index is 12.7. The predicted molar refractivity (Wildman–Crippen MR) is 106 cm³/mol. The number of carbonyl (C=O) groups excluding carboxylic acids is 1. The lowest BCUT2D eigenvalue weighted by Crippen LogP contribution is -2.19. The first kappa shape index (κ1) is 18.1. The summed E-state index contributed by atoms with van der Waals surface area (Å²) in [5, 5.41) is 3.07. The highest BCUT2D eigenvalue weighted by atomic mass is 16.5. The number of hydrogen-bond donors (Lipinski definition) is 1. The molecule has 0 spiro atoms. The predicted octanol–water partition coefficient (Wildman–Crippen LogP) is 4.61. The molecule has 4 heteroatoms. The van der Waals surface area contributed by atoms with Crippen molar-refractivity contribution in [1.82, 2.24) is 0 Å². The molecular weight excluding hydrogens is 338 g/mol. The first-order valence-electron chi connectivity index (χ1n) is 9.92. The van der Waals surface area contributed by atoms with Gasteiger partial charge in [0.1, 0.15) is 12.4 Å². The Hall–Kier alpha value is -2.33. The van der Waals surface area contributed by atoms with Gasteiger partial charge in [-0.2, -0.15) is 0 Å². The summed E-state index contributed by atoms with van der Waals surface area (Å²) in [6.07, 6.45) is 4.90. The average molecular weight is 365 g/mol. The van der Waals surface area contributed by atoms with Gasteiger partial charge in [-0.15, -0.1) is 0 Å². The summed E-state index contributed by atoms with van der Waals surface area (Å²) in [6.45, 7) is 3.37. The van der Waals surface area contributed by atoms with Crippen LogP contribution in [0.5, 0.6) is 5.75 Å². The smallest absolute Gasteiger partial charge is 0.225 e. The quantitative estimate of drug-likeness (QED) is 0.813. The van der Waals surface area contributed by atoms with Gasteiger partial charge in [0.05, 0.1) is 11.8 Å². The molecule has 2 aromatic rings. The number of amides is 1. The molecule has 142 valence electrons. The fourth-order valence-corrected chi connectivity index (χ4v) is 4.09. The van der Waals surface area contributed by atoms with E-state index in [4.69, 9.17) is 9.47 Å². The van der Waals surface area contributed by atoms with E-state index in [1.54, 1.807) is 0 Å². The third-order valence-corrected chi connectivity index (χ3v) is 5.55. The molecule has 0 aromatic heterocycles. The van der Waals surface area contributed by atoms with E-state index in [9.17, 15) is 4.79 Å². The number of fused-ring (bicyclic) bond motifs is 1. The normalized spacial score (nSPS) is 21.1. The molecule has 2 atom stereocenters. The Kier molecular flexibility index (Phi) is 5.44. The van der Waals surface area contributed by atoms with Gasteiger partial charge in [0, 0.05) is 13.0 Å². The Morgan fingerprint density at radius 1 is 1.22 bits per heavy atom. The van der Waals surface area contributed by atoms with Crippen LogP contribution in [0.4, 0.5) is 5.69 Å². The van der Waals surface area contributed by atoms with E-state index in [1.807, 2.05) is 25.1 Å². The van der Waals surface area contributed by atoms with E-state index in [1.165, 1.54) is 11.1 Å². The second-order valence-corrected chi connectivity index (χ2v) is 7.63. The first-order valence-corrected chi connectivity index (χ1v) is 9.92. The number of aryl methyl sites for hydroxylation is 2. The Labute approximate surface area is 160 Å². The van der Waals surface area contributed by atoms with Crippen molar-refractivity contribution < 1.29 is 14.3 Å². The van der Waals surface area contributed by atoms with Crippen LogP contribution in [0, 0.1) is 6.92 Å². The summed E-state index contributed by atoms with van der Waals surface area (Å²) in [5.41, 5.74) is 4.56. The molecule has 4 nitrogen and oxygen atoms in total. The number of rotatable bonds is 6. The highest BCUT2D eigenvalue weighted by Crippen LogP contribution is 2.36. The van der Waals surface area contributed by atoms with Gasteiger partial charge in [0.2, 0.25) is 5.91 Å². The molecule has 27 heavy (non-hydrogen) atoms. The van der Waals surface area contributed by atoms with Crippen LogP contribution in [0.1, 0.15) is 48.3 Å². The lowest BCUT2D eigenvalue weighted by molar-refractivity contribution is -0.116. The van der Waals surface area contributed by atoms with Crippen molar-refractivity contribution >= 4 is 11.6 Å². The van der Waals surface area contributed by atoms with E-state index in [0.29, 0.717) is 18.9 Å². The number of nitrogens with one attached hydrogen (secondary N) is 1. The van der Waals surface area contributed by atoms with Crippen LogP contribution >= 0.6 is 0 Å². The Morgan fingerprint density at radius 2 is 2.11 bits per heavy atom. The molecule has 1 N–H and O–H groups in total. The second-order valence-electron chi connectivity index (χ2n) is 7.63. The summed E-state index contributed by atoms with van der Waals surface area (Å²) in [4.78, 5) is 12.7. The topological polar surface area (TPSA) is 47.6 Å². The van der Waals surface area contributed by atoms with Crippen LogP contribution in [-0.4, -0.2) is 25.2 Å². The van der Waals surface area contributed by atoms with E-state index in [0.717, 1.165) is 49.3 Å². The first-order chi connectivity index (χ1) is 13.2. The van der Waals surface area contributed by atoms with Crippen molar-refractivity contribution in [1.29, 1.82) is 0 Å². The highest BCUT2D eigenvalue weighted by Gasteiger charge is 2.24. The molecule has 2 aliphatic rings. The van der Waals surface area contributed by atoms with Crippen molar-refractivity contribution in [3.63, 3.8) is 0 Å². The Morgan fingerprint density at radius 3 is 2.96 bits per heavy atom. The number of ether oxygens (including phenoxy) is 2. The molecule has 0 saturated carbocycles. The minimum Gasteiger partial charge on any atom is -0.489 e. The van der Waals surface area contributed by atoms with Gasteiger partial charge in [-0.3, -0.25) is 4.79 Å². The Balaban J connectivity index is 1.40. The zero-order valence-electron chi connectivity index (χ0n) is 15.9. The van der Waals surface area contributed by atoms with Crippen LogP contribution in [0.3, 0.4) is 0 Å². The Bertz CT molecular complexity index is 811. The second kappa shape index (κ2) is 8.13. The highest BCUT2D eigenvalue weighted by molar-refractivity contribution is 5.93. The fraction of sp³-hybridized carbons (Fsp3) is 0.435. The van der Waals surface area contributed by atoms with Crippen molar-refractivity contribution in [2.45, 2.75) is 51.0 Å². The molecule has 1 amide bonds. The van der Waals surface area contributed by atoms with Gasteiger partial charge in [0.25, 0.3) is 0 Å². The van der Waals surface area contributed by atoms with Crippen molar-refractivity contribution in [2.24, 2.45) is 0 Å². The van der Waals surface area contributed by atoms with Crippen LogP contribution < -0.4 is 10.1 Å². The standard InChI is InChI=1S/C23H27NO3/c1-16-8-11-21(22(13-16)27-15-19-6-4-12-26-19)24-23(25)14-18-10-9-17-5-2-3-7-20(17)18/h2-3,5,7-8,11,13,18-19H,4,6,9-10,12,14-15H2,1H3,(H,24,25). The van der Waals surface area contributed by atoms with Crippen LogP contribution in [0.2, 0.25) is 0 Å². The number of anilines is 1. The molecule has 0 radical (unpaired) electrons. The lowest BCUT2D eigenvalue weighted by Gasteiger charge is -2.17. The third kappa shape index (κ3) is 4.33. The molecular formula is C23H27NO3. The van der Waals surface area contributed by atoms with Crippen LogP contribution in [0.25, 0.3) is 0 Å². The van der Waals surface area contributed by atoms with Gasteiger partial charge < -0.3 is 14.8 Å². The fourth-order valence-electron chi connectivity index (χ4n) is 4.09.